The number of nitrogens with one attached hydrogen (secondary N) is 1. The smallest absolute Gasteiger partial charge is 0.321 e. The van der Waals surface area contributed by atoms with Gasteiger partial charge < -0.3 is 5.32 Å². The van der Waals surface area contributed by atoms with Gasteiger partial charge in [-0.2, -0.15) is 13.2 Å². The van der Waals surface area contributed by atoms with Crippen LogP contribution in [0.2, 0.25) is 0 Å². The molecule has 3 aromatic rings. The zero-order valence-electron chi connectivity index (χ0n) is 11.9. The summed E-state index contributed by atoms with van der Waals surface area (Å²) in [5.41, 5.74) is 0.0529. The van der Waals surface area contributed by atoms with E-state index in [1.807, 2.05) is 0 Å². The number of nitrogens with zero attached hydrogens (tertiary/aromatic N) is 2. The number of benzene rings is 1. The summed E-state index contributed by atoms with van der Waals surface area (Å²) in [5, 5.41) is 3.08. The zero-order chi connectivity index (χ0) is 17.3. The number of pyridine rings is 2. The number of carbonyl (C=O) groups is 1. The first kappa shape index (κ1) is 16.4. The topological polar surface area (TPSA) is 54.9 Å². The lowest BCUT2D eigenvalue weighted by molar-refractivity contribution is -0.137. The molecule has 0 saturated heterocycles. The van der Waals surface area contributed by atoms with Crippen LogP contribution < -0.4 is 5.32 Å². The van der Waals surface area contributed by atoms with E-state index >= 15 is 0 Å². The molecule has 3 rings (SSSR count). The Balaban J connectivity index is 1.97. The van der Waals surface area contributed by atoms with Crippen molar-refractivity contribution in [3.63, 3.8) is 0 Å². The quantitative estimate of drug-likeness (QED) is 0.686. The first-order valence-corrected chi connectivity index (χ1v) is 7.52. The lowest BCUT2D eigenvalue weighted by Gasteiger charge is -2.11. The number of anilines is 1. The fraction of sp³-hybridized carbons (Fsp3) is 0.0625. The van der Waals surface area contributed by atoms with Crippen LogP contribution in [0, 0.1) is 0 Å². The fourth-order valence-electron chi connectivity index (χ4n) is 2.16. The van der Waals surface area contributed by atoms with Gasteiger partial charge in [0, 0.05) is 28.4 Å². The molecule has 0 atom stereocenters. The van der Waals surface area contributed by atoms with Gasteiger partial charge in [-0.3, -0.25) is 14.8 Å². The summed E-state index contributed by atoms with van der Waals surface area (Å²) >= 11 is 3.22. The van der Waals surface area contributed by atoms with E-state index in [4.69, 9.17) is 0 Å². The Morgan fingerprint density at radius 3 is 2.62 bits per heavy atom. The van der Waals surface area contributed by atoms with Gasteiger partial charge in [-0.1, -0.05) is 6.07 Å². The van der Waals surface area contributed by atoms with Crippen molar-refractivity contribution in [1.82, 2.24) is 9.97 Å². The highest BCUT2D eigenvalue weighted by atomic mass is 79.9. The number of alkyl halides is 3. The highest BCUT2D eigenvalue weighted by Gasteiger charge is 2.30. The van der Waals surface area contributed by atoms with Gasteiger partial charge in [-0.25, -0.2) is 0 Å². The summed E-state index contributed by atoms with van der Waals surface area (Å²) in [4.78, 5) is 20.1. The first-order chi connectivity index (χ1) is 11.3. The third-order valence-corrected chi connectivity index (χ3v) is 3.72. The van der Waals surface area contributed by atoms with Crippen molar-refractivity contribution in [1.29, 1.82) is 0 Å². The molecule has 0 spiro atoms. The maximum Gasteiger partial charge on any atom is 0.416 e. The van der Waals surface area contributed by atoms with E-state index in [0.29, 0.717) is 21.1 Å². The van der Waals surface area contributed by atoms with E-state index in [1.54, 1.807) is 6.07 Å². The van der Waals surface area contributed by atoms with E-state index < -0.39 is 17.6 Å². The van der Waals surface area contributed by atoms with Crippen molar-refractivity contribution in [2.24, 2.45) is 0 Å². The fourth-order valence-corrected chi connectivity index (χ4v) is 2.53. The third-order valence-electron chi connectivity index (χ3n) is 3.29. The molecule has 2 aromatic heterocycles. The molecule has 0 unspecified atom stereocenters. The molecular formula is C16H9BrF3N3O. The lowest BCUT2D eigenvalue weighted by Crippen LogP contribution is -2.13. The normalized spacial score (nSPS) is 11.5. The van der Waals surface area contributed by atoms with Gasteiger partial charge in [-0.15, -0.1) is 0 Å². The van der Waals surface area contributed by atoms with Gasteiger partial charge in [0.25, 0.3) is 5.91 Å². The number of rotatable bonds is 2. The minimum absolute atomic E-state index is 0.148. The molecular weight excluding hydrogens is 387 g/mol. The average molecular weight is 396 g/mol. The predicted octanol–water partition coefficient (Wildman–Crippen LogP) is 4.66. The molecule has 0 aliphatic heterocycles. The third kappa shape index (κ3) is 3.38. The van der Waals surface area contributed by atoms with Gasteiger partial charge in [0.15, 0.2) is 0 Å². The molecule has 0 aliphatic rings. The van der Waals surface area contributed by atoms with Crippen molar-refractivity contribution >= 4 is 38.4 Å². The summed E-state index contributed by atoms with van der Waals surface area (Å²) in [5.74, 6) is -0.420. The van der Waals surface area contributed by atoms with Crippen LogP contribution in [-0.2, 0) is 6.18 Å². The Kier molecular flexibility index (Phi) is 4.23. The van der Waals surface area contributed by atoms with Crippen LogP contribution in [0.4, 0.5) is 18.9 Å². The highest BCUT2D eigenvalue weighted by molar-refractivity contribution is 9.10. The molecule has 122 valence electrons. The van der Waals surface area contributed by atoms with Crippen LogP contribution in [-0.4, -0.2) is 15.9 Å². The summed E-state index contributed by atoms with van der Waals surface area (Å²) in [6.07, 6.45) is -0.170. The molecule has 1 N–H and O–H groups in total. The maximum atomic E-state index is 12.8. The molecule has 0 saturated carbocycles. The van der Waals surface area contributed by atoms with Crippen molar-refractivity contribution < 1.29 is 18.0 Å². The number of hydrogen-bond donors (Lipinski definition) is 1. The van der Waals surface area contributed by atoms with Crippen molar-refractivity contribution in [2.75, 3.05) is 5.32 Å². The molecule has 2 heterocycles. The molecule has 8 heteroatoms. The van der Waals surface area contributed by atoms with Gasteiger partial charge in [0.1, 0.15) is 0 Å². The van der Waals surface area contributed by atoms with Crippen molar-refractivity contribution in [3.05, 3.63) is 64.5 Å². The van der Waals surface area contributed by atoms with Gasteiger partial charge in [0.05, 0.1) is 22.3 Å². The second kappa shape index (κ2) is 6.20. The van der Waals surface area contributed by atoms with Crippen LogP contribution in [0.1, 0.15) is 15.9 Å². The number of halogens is 4. The van der Waals surface area contributed by atoms with Crippen molar-refractivity contribution in [3.8, 4) is 0 Å². The second-order valence-electron chi connectivity index (χ2n) is 4.93. The number of aromatic nitrogens is 2. The minimum Gasteiger partial charge on any atom is -0.321 e. The Bertz CT molecular complexity index is 928. The average Bonchev–Trinajstić information content (AvgIpc) is 2.54. The van der Waals surface area contributed by atoms with Gasteiger partial charge in [0.2, 0.25) is 0 Å². The number of carbonyl (C=O) groups excluding carboxylic acids is 1. The number of hydrogen-bond acceptors (Lipinski definition) is 3. The molecule has 0 fully saturated rings. The highest BCUT2D eigenvalue weighted by Crippen LogP contribution is 2.32. The Morgan fingerprint density at radius 2 is 1.92 bits per heavy atom. The van der Waals surface area contributed by atoms with Gasteiger partial charge >= 0.3 is 6.18 Å². The molecule has 0 radical (unpaired) electrons. The summed E-state index contributed by atoms with van der Waals surface area (Å²) in [7, 11) is 0. The van der Waals surface area contributed by atoms with Gasteiger partial charge in [-0.05, 0) is 40.2 Å². The van der Waals surface area contributed by atoms with Crippen LogP contribution in [0.25, 0.3) is 10.9 Å². The Morgan fingerprint density at radius 1 is 1.12 bits per heavy atom. The standard InChI is InChI=1S/C16H9BrF3N3O/c17-11-5-9(7-21-8-11)15(24)23-13-3-4-22-14-6-10(16(18,19)20)1-2-12(13)14/h1-8H,(H,22,23,24). The summed E-state index contributed by atoms with van der Waals surface area (Å²) in [6, 6.07) is 6.32. The number of amides is 1. The van der Waals surface area contributed by atoms with Crippen LogP contribution in [0.5, 0.6) is 0 Å². The summed E-state index contributed by atoms with van der Waals surface area (Å²) < 4.78 is 39.0. The second-order valence-corrected chi connectivity index (χ2v) is 5.85. The minimum atomic E-state index is -4.45. The van der Waals surface area contributed by atoms with E-state index in [1.165, 1.54) is 30.7 Å². The molecule has 4 nitrogen and oxygen atoms in total. The lowest BCUT2D eigenvalue weighted by atomic mass is 10.1. The zero-order valence-corrected chi connectivity index (χ0v) is 13.5. The molecule has 0 bridgehead atoms. The number of fused-ring (bicyclic) bond motifs is 1. The van der Waals surface area contributed by atoms with Crippen LogP contribution in [0.15, 0.2) is 53.4 Å². The van der Waals surface area contributed by atoms with Crippen LogP contribution in [0.3, 0.4) is 0 Å². The largest absolute Gasteiger partial charge is 0.416 e. The monoisotopic (exact) mass is 395 g/mol. The van der Waals surface area contributed by atoms with E-state index in [-0.39, 0.29) is 5.52 Å². The maximum absolute atomic E-state index is 12.8. The Hall–Kier alpha value is -2.48. The molecule has 1 aromatic carbocycles. The SMILES string of the molecule is O=C(Nc1ccnc2cc(C(F)(F)F)ccc12)c1cncc(Br)c1. The Labute approximate surface area is 142 Å². The molecule has 0 aliphatic carbocycles. The van der Waals surface area contributed by atoms with Crippen molar-refractivity contribution in [2.45, 2.75) is 6.18 Å². The summed E-state index contributed by atoms with van der Waals surface area (Å²) in [6.45, 7) is 0. The van der Waals surface area contributed by atoms with E-state index in [9.17, 15) is 18.0 Å². The predicted molar refractivity (Wildman–Crippen MR) is 86.6 cm³/mol. The molecule has 1 amide bonds. The van der Waals surface area contributed by atoms with E-state index in [0.717, 1.165) is 12.1 Å². The first-order valence-electron chi connectivity index (χ1n) is 6.72. The van der Waals surface area contributed by atoms with Crippen LogP contribution >= 0.6 is 15.9 Å². The molecule has 24 heavy (non-hydrogen) atoms. The van der Waals surface area contributed by atoms with E-state index in [2.05, 4.69) is 31.2 Å².